The van der Waals surface area contributed by atoms with Gasteiger partial charge in [0.1, 0.15) is 9.84 Å². The normalized spacial score (nSPS) is 13.2. The number of nitrogens with two attached hydrogens (primary N) is 1. The Morgan fingerprint density at radius 2 is 2.10 bits per heavy atom. The molecule has 1 amide bonds. The van der Waals surface area contributed by atoms with Crippen molar-refractivity contribution in [3.8, 4) is 0 Å². The largest absolute Gasteiger partial charge is 0.335 e. The third-order valence-electron chi connectivity index (χ3n) is 3.10. The molecule has 118 valence electrons. The van der Waals surface area contributed by atoms with Gasteiger partial charge in [0.05, 0.1) is 11.8 Å². The van der Waals surface area contributed by atoms with E-state index in [1.165, 1.54) is 0 Å². The fraction of sp³-hybridized carbons (Fsp3) is 0.571. The molecule has 0 aliphatic rings. The minimum atomic E-state index is -3.12. The second kappa shape index (κ2) is 7.51. The number of carbonyl (C=O) groups is 1. The van der Waals surface area contributed by atoms with Crippen molar-refractivity contribution < 1.29 is 13.2 Å². The summed E-state index contributed by atoms with van der Waals surface area (Å²) in [6.07, 6.45) is 4.64. The topological polar surface area (TPSA) is 93.4 Å². The zero-order valence-corrected chi connectivity index (χ0v) is 13.5. The molecule has 0 spiro atoms. The summed E-state index contributed by atoms with van der Waals surface area (Å²) in [7, 11) is -3.12. The number of rotatable bonds is 7. The molecule has 0 saturated heterocycles. The molecule has 1 aromatic heterocycles. The third kappa shape index (κ3) is 6.22. The number of hydrogen-bond donors (Lipinski definition) is 1. The molecular weight excluding hydrogens is 290 g/mol. The van der Waals surface area contributed by atoms with Crippen LogP contribution in [-0.4, -0.2) is 48.3 Å². The molecule has 6 nitrogen and oxygen atoms in total. The van der Waals surface area contributed by atoms with Gasteiger partial charge in [-0.25, -0.2) is 8.42 Å². The molecule has 0 aromatic carbocycles. The lowest BCUT2D eigenvalue weighted by atomic mass is 10.1. The Labute approximate surface area is 126 Å². The van der Waals surface area contributed by atoms with Gasteiger partial charge in [0.2, 0.25) is 5.91 Å². The summed E-state index contributed by atoms with van der Waals surface area (Å²) in [6.45, 7) is 4.21. The van der Waals surface area contributed by atoms with Crippen LogP contribution in [0, 0.1) is 0 Å². The molecule has 0 saturated carbocycles. The van der Waals surface area contributed by atoms with E-state index in [0.717, 1.165) is 11.8 Å². The van der Waals surface area contributed by atoms with Crippen LogP contribution in [0.2, 0.25) is 0 Å². The molecule has 0 aliphatic carbocycles. The molecule has 1 unspecified atom stereocenters. The Morgan fingerprint density at radius 1 is 1.43 bits per heavy atom. The quantitative estimate of drug-likeness (QED) is 0.795. The smallest absolute Gasteiger partial charge is 0.240 e. The van der Waals surface area contributed by atoms with Gasteiger partial charge in [0, 0.05) is 31.2 Å². The van der Waals surface area contributed by atoms with Crippen molar-refractivity contribution >= 4 is 15.7 Å². The third-order valence-corrected chi connectivity index (χ3v) is 4.08. The van der Waals surface area contributed by atoms with E-state index in [1.54, 1.807) is 17.3 Å². The lowest BCUT2D eigenvalue weighted by Gasteiger charge is -2.29. The van der Waals surface area contributed by atoms with Crippen molar-refractivity contribution in [3.05, 3.63) is 30.1 Å². The standard InChI is InChI=1S/C14H23N3O3S/c1-11(2)17(10-12-5-4-7-16-9-12)14(18)13(15)6-8-21(3,19)20/h4-5,7,9,11,13H,6,8,10,15H2,1-3H3. The first-order valence-corrected chi connectivity index (χ1v) is 8.89. The molecule has 2 N–H and O–H groups in total. The fourth-order valence-corrected chi connectivity index (χ4v) is 2.56. The van der Waals surface area contributed by atoms with Crippen molar-refractivity contribution in [1.29, 1.82) is 0 Å². The highest BCUT2D eigenvalue weighted by Crippen LogP contribution is 2.10. The molecule has 0 bridgehead atoms. The molecule has 0 aliphatic heterocycles. The number of nitrogens with zero attached hydrogens (tertiary/aromatic N) is 2. The Morgan fingerprint density at radius 3 is 2.57 bits per heavy atom. The Bertz CT molecular complexity index is 558. The zero-order chi connectivity index (χ0) is 16.0. The SMILES string of the molecule is CC(C)N(Cc1cccnc1)C(=O)C(N)CCS(C)(=O)=O. The van der Waals surface area contributed by atoms with E-state index in [0.29, 0.717) is 6.54 Å². The molecule has 21 heavy (non-hydrogen) atoms. The van der Waals surface area contributed by atoms with Gasteiger partial charge >= 0.3 is 0 Å². The summed E-state index contributed by atoms with van der Waals surface area (Å²) in [4.78, 5) is 18.1. The maximum absolute atomic E-state index is 12.4. The number of amides is 1. The van der Waals surface area contributed by atoms with E-state index < -0.39 is 15.9 Å². The maximum atomic E-state index is 12.4. The van der Waals surface area contributed by atoms with Crippen LogP contribution in [0.1, 0.15) is 25.8 Å². The van der Waals surface area contributed by atoms with Crippen molar-refractivity contribution in [2.45, 2.75) is 38.9 Å². The van der Waals surface area contributed by atoms with Crippen LogP contribution in [0.5, 0.6) is 0 Å². The first kappa shape index (κ1) is 17.6. The highest BCUT2D eigenvalue weighted by molar-refractivity contribution is 7.90. The predicted molar refractivity (Wildman–Crippen MR) is 82.2 cm³/mol. The lowest BCUT2D eigenvalue weighted by Crippen LogP contribution is -2.47. The molecule has 1 atom stereocenters. The van der Waals surface area contributed by atoms with E-state index in [9.17, 15) is 13.2 Å². The van der Waals surface area contributed by atoms with E-state index >= 15 is 0 Å². The summed E-state index contributed by atoms with van der Waals surface area (Å²) in [5.74, 6) is -0.323. The minimum absolute atomic E-state index is 0.0259. The van der Waals surface area contributed by atoms with E-state index in [4.69, 9.17) is 5.73 Å². The average molecular weight is 313 g/mol. The van der Waals surface area contributed by atoms with Crippen molar-refractivity contribution in [2.75, 3.05) is 12.0 Å². The van der Waals surface area contributed by atoms with Gasteiger partial charge < -0.3 is 10.6 Å². The van der Waals surface area contributed by atoms with E-state index in [1.807, 2.05) is 26.0 Å². The minimum Gasteiger partial charge on any atom is -0.335 e. The Balaban J connectivity index is 2.73. The first-order valence-electron chi connectivity index (χ1n) is 6.83. The van der Waals surface area contributed by atoms with Crippen LogP contribution in [0.3, 0.4) is 0 Å². The lowest BCUT2D eigenvalue weighted by molar-refractivity contribution is -0.135. The molecule has 1 rings (SSSR count). The van der Waals surface area contributed by atoms with Gasteiger partial charge in [0.25, 0.3) is 0 Å². The van der Waals surface area contributed by atoms with Crippen LogP contribution < -0.4 is 5.73 Å². The molecule has 0 radical (unpaired) electrons. The molecule has 1 heterocycles. The molecule has 0 fully saturated rings. The van der Waals surface area contributed by atoms with Crippen LogP contribution in [0.4, 0.5) is 0 Å². The molecular formula is C14H23N3O3S. The van der Waals surface area contributed by atoms with Gasteiger partial charge in [-0.2, -0.15) is 0 Å². The van der Waals surface area contributed by atoms with Crippen molar-refractivity contribution in [1.82, 2.24) is 9.88 Å². The van der Waals surface area contributed by atoms with Gasteiger partial charge in [-0.1, -0.05) is 6.07 Å². The monoisotopic (exact) mass is 313 g/mol. The molecule has 1 aromatic rings. The van der Waals surface area contributed by atoms with Crippen molar-refractivity contribution in [3.63, 3.8) is 0 Å². The zero-order valence-electron chi connectivity index (χ0n) is 12.7. The van der Waals surface area contributed by atoms with Crippen LogP contribution in [0.15, 0.2) is 24.5 Å². The van der Waals surface area contributed by atoms with E-state index in [-0.39, 0.29) is 24.1 Å². The number of aromatic nitrogens is 1. The summed E-state index contributed by atoms with van der Waals surface area (Å²) in [6, 6.07) is 2.86. The number of hydrogen-bond acceptors (Lipinski definition) is 5. The second-order valence-corrected chi connectivity index (χ2v) is 7.71. The Hall–Kier alpha value is -1.47. The number of pyridine rings is 1. The van der Waals surface area contributed by atoms with Gasteiger partial charge in [-0.05, 0) is 31.9 Å². The first-order chi connectivity index (χ1) is 9.70. The average Bonchev–Trinajstić information content (AvgIpc) is 2.41. The number of carbonyl (C=O) groups excluding carboxylic acids is 1. The fourth-order valence-electron chi connectivity index (χ4n) is 1.88. The maximum Gasteiger partial charge on any atom is 0.240 e. The second-order valence-electron chi connectivity index (χ2n) is 5.45. The van der Waals surface area contributed by atoms with Crippen molar-refractivity contribution in [2.24, 2.45) is 5.73 Å². The van der Waals surface area contributed by atoms with Crippen LogP contribution >= 0.6 is 0 Å². The predicted octanol–water partition coefficient (Wildman–Crippen LogP) is 0.581. The summed E-state index contributed by atoms with van der Waals surface area (Å²) in [5, 5.41) is 0. The molecule has 7 heteroatoms. The van der Waals surface area contributed by atoms with Crippen LogP contribution in [-0.2, 0) is 21.2 Å². The van der Waals surface area contributed by atoms with Crippen LogP contribution in [0.25, 0.3) is 0 Å². The summed E-state index contributed by atoms with van der Waals surface area (Å²) >= 11 is 0. The Kier molecular flexibility index (Phi) is 6.29. The summed E-state index contributed by atoms with van der Waals surface area (Å²) in [5.41, 5.74) is 6.76. The highest BCUT2D eigenvalue weighted by Gasteiger charge is 2.24. The summed E-state index contributed by atoms with van der Waals surface area (Å²) < 4.78 is 22.3. The van der Waals surface area contributed by atoms with E-state index in [2.05, 4.69) is 4.98 Å². The van der Waals surface area contributed by atoms with Gasteiger partial charge in [0.15, 0.2) is 0 Å². The van der Waals surface area contributed by atoms with Gasteiger partial charge in [-0.3, -0.25) is 9.78 Å². The van der Waals surface area contributed by atoms with Gasteiger partial charge in [-0.15, -0.1) is 0 Å². The number of sulfone groups is 1. The highest BCUT2D eigenvalue weighted by atomic mass is 32.2.